The highest BCUT2D eigenvalue weighted by atomic mass is 15.1. The second-order valence-electron chi connectivity index (χ2n) is 11.8. The minimum atomic E-state index is 1.08. The average Bonchev–Trinajstić information content (AvgIpc) is 3.06. The molecular formula is C43H37N. The fourth-order valence-electron chi connectivity index (χ4n) is 6.53. The predicted octanol–water partition coefficient (Wildman–Crippen LogP) is 12.4. The quantitative estimate of drug-likeness (QED) is 0.173. The maximum atomic E-state index is 2.37. The van der Waals surface area contributed by atoms with Crippen LogP contribution in [0.4, 0.5) is 17.1 Å². The third-order valence-electron chi connectivity index (χ3n) is 8.69. The lowest BCUT2D eigenvalue weighted by molar-refractivity contribution is 0.921. The Labute approximate surface area is 261 Å². The van der Waals surface area contributed by atoms with Crippen LogP contribution in [0.15, 0.2) is 146 Å². The molecule has 0 fully saturated rings. The van der Waals surface area contributed by atoms with Crippen molar-refractivity contribution in [2.75, 3.05) is 4.90 Å². The number of fused-ring (bicyclic) bond motifs is 2. The molecule has 44 heavy (non-hydrogen) atoms. The lowest BCUT2D eigenvalue weighted by Crippen LogP contribution is -2.10. The van der Waals surface area contributed by atoms with Gasteiger partial charge in [-0.05, 0) is 106 Å². The van der Waals surface area contributed by atoms with Crippen molar-refractivity contribution < 1.29 is 0 Å². The third-order valence-corrected chi connectivity index (χ3v) is 8.69. The zero-order valence-corrected chi connectivity index (χ0v) is 25.7. The van der Waals surface area contributed by atoms with Crippen LogP contribution in [0.3, 0.4) is 0 Å². The monoisotopic (exact) mass is 567 g/mol. The van der Waals surface area contributed by atoms with Crippen molar-refractivity contribution in [1.29, 1.82) is 0 Å². The largest absolute Gasteiger partial charge is 0.310 e. The summed E-state index contributed by atoms with van der Waals surface area (Å²) in [5, 5.41) is 5.11. The van der Waals surface area contributed by atoms with E-state index in [-0.39, 0.29) is 0 Å². The molecule has 1 heteroatoms. The van der Waals surface area contributed by atoms with E-state index in [0.29, 0.717) is 0 Å². The van der Waals surface area contributed by atoms with E-state index in [1.807, 2.05) is 0 Å². The Morgan fingerprint density at radius 3 is 1.34 bits per heavy atom. The number of aryl methyl sites for hydroxylation is 3. The van der Waals surface area contributed by atoms with E-state index in [1.54, 1.807) is 0 Å². The van der Waals surface area contributed by atoms with Gasteiger partial charge in [0.05, 0.1) is 0 Å². The number of nitrogens with zero attached hydrogens (tertiary/aromatic N) is 1. The van der Waals surface area contributed by atoms with Crippen LogP contribution in [0.25, 0.3) is 43.8 Å². The second kappa shape index (κ2) is 11.9. The zero-order valence-electron chi connectivity index (χ0n) is 25.7. The van der Waals surface area contributed by atoms with Crippen molar-refractivity contribution >= 4 is 38.6 Å². The number of anilines is 3. The fraction of sp³-hybridized carbons (Fsp3) is 0.116. The summed E-state index contributed by atoms with van der Waals surface area (Å²) in [6.45, 7) is 6.53. The van der Waals surface area contributed by atoms with E-state index in [1.165, 1.54) is 66.2 Å². The van der Waals surface area contributed by atoms with E-state index in [2.05, 4.69) is 171 Å². The maximum Gasteiger partial charge on any atom is 0.0464 e. The summed E-state index contributed by atoms with van der Waals surface area (Å²) in [4.78, 5) is 2.37. The lowest BCUT2D eigenvalue weighted by Gasteiger charge is -2.26. The minimum absolute atomic E-state index is 1.08. The van der Waals surface area contributed by atoms with Gasteiger partial charge in [-0.3, -0.25) is 0 Å². The molecule has 0 heterocycles. The van der Waals surface area contributed by atoms with Gasteiger partial charge in [-0.15, -0.1) is 0 Å². The SMILES string of the molecule is CCCc1cccc(N(c2ccc(C)cc2)c2ccc(-c3c4ccccc4c(-c4ccc(C)cc4)c4ccccc34)cc2)c1. The highest BCUT2D eigenvalue weighted by Gasteiger charge is 2.18. The number of benzene rings is 7. The molecule has 0 spiro atoms. The predicted molar refractivity (Wildman–Crippen MR) is 190 cm³/mol. The number of hydrogen-bond acceptors (Lipinski definition) is 1. The van der Waals surface area contributed by atoms with Gasteiger partial charge in [-0.2, -0.15) is 0 Å². The highest BCUT2D eigenvalue weighted by Crippen LogP contribution is 2.44. The standard InChI is InChI=1S/C43H37N/c1-4-10-32-11-9-12-37(29-32)44(35-25-19-31(3)20-26-35)36-27-23-34(24-28-36)43-40-15-7-5-13-38(40)42(33-21-17-30(2)18-22-33)39-14-6-8-16-41(39)43/h5-9,11-29H,4,10H2,1-3H3. The molecule has 7 aromatic carbocycles. The second-order valence-corrected chi connectivity index (χ2v) is 11.8. The van der Waals surface area contributed by atoms with Crippen LogP contribution in [0.2, 0.25) is 0 Å². The molecule has 1 nitrogen and oxygen atoms in total. The molecule has 7 rings (SSSR count). The van der Waals surface area contributed by atoms with Crippen LogP contribution < -0.4 is 4.90 Å². The summed E-state index contributed by atoms with van der Waals surface area (Å²) in [7, 11) is 0. The first-order valence-corrected chi connectivity index (χ1v) is 15.7. The lowest BCUT2D eigenvalue weighted by atomic mass is 9.86. The van der Waals surface area contributed by atoms with Crippen molar-refractivity contribution in [3.8, 4) is 22.3 Å². The maximum absolute atomic E-state index is 2.37. The van der Waals surface area contributed by atoms with Crippen molar-refractivity contribution in [3.05, 3.63) is 162 Å². The van der Waals surface area contributed by atoms with E-state index in [9.17, 15) is 0 Å². The van der Waals surface area contributed by atoms with E-state index in [4.69, 9.17) is 0 Å². The molecule has 0 aliphatic heterocycles. The van der Waals surface area contributed by atoms with E-state index >= 15 is 0 Å². The van der Waals surface area contributed by atoms with Gasteiger partial charge in [0.25, 0.3) is 0 Å². The molecule has 0 saturated heterocycles. The summed E-state index contributed by atoms with van der Waals surface area (Å²) >= 11 is 0. The van der Waals surface area contributed by atoms with Gasteiger partial charge in [-0.1, -0.05) is 134 Å². The van der Waals surface area contributed by atoms with Crippen LogP contribution in [-0.4, -0.2) is 0 Å². The number of rotatable bonds is 7. The van der Waals surface area contributed by atoms with Crippen molar-refractivity contribution in [2.24, 2.45) is 0 Å². The Kier molecular flexibility index (Phi) is 7.46. The molecule has 0 amide bonds. The highest BCUT2D eigenvalue weighted by molar-refractivity contribution is 6.21. The van der Waals surface area contributed by atoms with Gasteiger partial charge in [0.15, 0.2) is 0 Å². The van der Waals surface area contributed by atoms with Crippen LogP contribution in [0, 0.1) is 13.8 Å². The van der Waals surface area contributed by atoms with Crippen LogP contribution in [-0.2, 0) is 6.42 Å². The van der Waals surface area contributed by atoms with Gasteiger partial charge in [0, 0.05) is 17.1 Å². The fourth-order valence-corrected chi connectivity index (χ4v) is 6.53. The third kappa shape index (κ3) is 5.16. The molecular weight excluding hydrogens is 530 g/mol. The van der Waals surface area contributed by atoms with Gasteiger partial charge in [0.1, 0.15) is 0 Å². The van der Waals surface area contributed by atoms with Gasteiger partial charge >= 0.3 is 0 Å². The first kappa shape index (κ1) is 27.7. The Balaban J connectivity index is 1.40. The Hall–Kier alpha value is -5.14. The van der Waals surface area contributed by atoms with Crippen molar-refractivity contribution in [1.82, 2.24) is 0 Å². The molecule has 0 bridgehead atoms. The summed E-state index contributed by atoms with van der Waals surface area (Å²) in [6, 6.07) is 53.7. The molecule has 0 aromatic heterocycles. The summed E-state index contributed by atoms with van der Waals surface area (Å²) in [6.07, 6.45) is 2.21. The van der Waals surface area contributed by atoms with E-state index in [0.717, 1.165) is 24.2 Å². The molecule has 0 unspecified atom stereocenters. The van der Waals surface area contributed by atoms with Crippen molar-refractivity contribution in [2.45, 2.75) is 33.6 Å². The Morgan fingerprint density at radius 2 is 0.864 bits per heavy atom. The summed E-state index contributed by atoms with van der Waals surface area (Å²) in [5.74, 6) is 0. The molecule has 0 N–H and O–H groups in total. The van der Waals surface area contributed by atoms with Crippen LogP contribution in [0.5, 0.6) is 0 Å². The minimum Gasteiger partial charge on any atom is -0.310 e. The summed E-state index contributed by atoms with van der Waals surface area (Å²) in [5.41, 5.74) is 12.5. The van der Waals surface area contributed by atoms with Crippen molar-refractivity contribution in [3.63, 3.8) is 0 Å². The molecule has 0 radical (unpaired) electrons. The Bertz CT molecular complexity index is 2010. The molecule has 0 aliphatic carbocycles. The van der Waals surface area contributed by atoms with Crippen LogP contribution in [0.1, 0.15) is 30.0 Å². The van der Waals surface area contributed by atoms with Gasteiger partial charge in [-0.25, -0.2) is 0 Å². The average molecular weight is 568 g/mol. The van der Waals surface area contributed by atoms with E-state index < -0.39 is 0 Å². The first-order chi connectivity index (χ1) is 21.6. The van der Waals surface area contributed by atoms with Gasteiger partial charge in [0.2, 0.25) is 0 Å². The van der Waals surface area contributed by atoms with Gasteiger partial charge < -0.3 is 4.90 Å². The number of hydrogen-bond donors (Lipinski definition) is 0. The topological polar surface area (TPSA) is 3.24 Å². The molecule has 0 saturated carbocycles. The molecule has 7 aromatic rings. The smallest absolute Gasteiger partial charge is 0.0464 e. The first-order valence-electron chi connectivity index (χ1n) is 15.7. The molecule has 214 valence electrons. The summed E-state index contributed by atoms with van der Waals surface area (Å²) < 4.78 is 0. The normalized spacial score (nSPS) is 11.2. The molecule has 0 aliphatic rings. The zero-order chi connectivity index (χ0) is 30.0. The van der Waals surface area contributed by atoms with Crippen LogP contribution >= 0.6 is 0 Å². The Morgan fingerprint density at radius 1 is 0.432 bits per heavy atom. The molecule has 0 atom stereocenters.